The van der Waals surface area contributed by atoms with Crippen LogP contribution < -0.4 is 5.32 Å². The molecule has 0 saturated heterocycles. The third-order valence-electron chi connectivity index (χ3n) is 3.89. The van der Waals surface area contributed by atoms with Gasteiger partial charge in [-0.2, -0.15) is 13.2 Å². The molecule has 0 aromatic carbocycles. The summed E-state index contributed by atoms with van der Waals surface area (Å²) >= 11 is 0. The SMILES string of the molecule is CCC(CC)(CCOCC(F)(F)F)CNC1CC1. The minimum Gasteiger partial charge on any atom is -0.372 e. The maximum atomic E-state index is 12.0. The molecule has 5 heteroatoms. The number of halogens is 3. The van der Waals surface area contributed by atoms with E-state index in [4.69, 9.17) is 4.74 Å². The largest absolute Gasteiger partial charge is 0.411 e. The van der Waals surface area contributed by atoms with Crippen molar-refractivity contribution in [2.45, 2.75) is 58.2 Å². The van der Waals surface area contributed by atoms with E-state index in [1.165, 1.54) is 12.8 Å². The van der Waals surface area contributed by atoms with Crippen molar-refractivity contribution in [2.24, 2.45) is 5.41 Å². The predicted molar refractivity (Wildman–Crippen MR) is 65.5 cm³/mol. The van der Waals surface area contributed by atoms with Gasteiger partial charge in [0.05, 0.1) is 0 Å². The molecule has 0 amide bonds. The first-order chi connectivity index (χ1) is 8.41. The lowest BCUT2D eigenvalue weighted by atomic mass is 9.79. The minimum atomic E-state index is -4.21. The number of hydrogen-bond donors (Lipinski definition) is 1. The van der Waals surface area contributed by atoms with Gasteiger partial charge in [-0.25, -0.2) is 0 Å². The number of alkyl halides is 3. The first-order valence-corrected chi connectivity index (χ1v) is 6.79. The molecule has 18 heavy (non-hydrogen) atoms. The first kappa shape index (κ1) is 15.8. The van der Waals surface area contributed by atoms with E-state index in [-0.39, 0.29) is 12.0 Å². The average molecular weight is 267 g/mol. The van der Waals surface area contributed by atoms with Gasteiger partial charge in [-0.15, -0.1) is 0 Å². The van der Waals surface area contributed by atoms with Crippen molar-refractivity contribution >= 4 is 0 Å². The summed E-state index contributed by atoms with van der Waals surface area (Å²) in [6, 6.07) is 0.638. The van der Waals surface area contributed by atoms with Crippen LogP contribution in [0, 0.1) is 5.41 Å². The molecule has 0 spiro atoms. The lowest BCUT2D eigenvalue weighted by molar-refractivity contribution is -0.175. The van der Waals surface area contributed by atoms with Crippen LogP contribution in [0.5, 0.6) is 0 Å². The van der Waals surface area contributed by atoms with Crippen LogP contribution in [-0.2, 0) is 4.74 Å². The highest BCUT2D eigenvalue weighted by Gasteiger charge is 2.31. The fourth-order valence-electron chi connectivity index (χ4n) is 2.07. The molecule has 0 aliphatic heterocycles. The van der Waals surface area contributed by atoms with Gasteiger partial charge < -0.3 is 10.1 Å². The summed E-state index contributed by atoms with van der Waals surface area (Å²) in [5.41, 5.74) is 0.0776. The monoisotopic (exact) mass is 267 g/mol. The predicted octanol–water partition coefficient (Wildman–Crippen LogP) is 3.51. The molecule has 0 heterocycles. The Labute approximate surface area is 107 Å². The van der Waals surface area contributed by atoms with Crippen LogP contribution in [0.15, 0.2) is 0 Å². The fraction of sp³-hybridized carbons (Fsp3) is 1.00. The van der Waals surface area contributed by atoms with Crippen LogP contribution in [0.25, 0.3) is 0 Å². The van der Waals surface area contributed by atoms with Gasteiger partial charge >= 0.3 is 6.18 Å². The van der Waals surface area contributed by atoms with Gasteiger partial charge in [0.15, 0.2) is 0 Å². The smallest absolute Gasteiger partial charge is 0.372 e. The van der Waals surface area contributed by atoms with Gasteiger partial charge in [0.1, 0.15) is 6.61 Å². The van der Waals surface area contributed by atoms with E-state index in [1.807, 2.05) is 0 Å². The van der Waals surface area contributed by atoms with Crippen molar-refractivity contribution in [1.82, 2.24) is 5.32 Å². The third kappa shape index (κ3) is 6.05. The molecule has 2 nitrogen and oxygen atoms in total. The molecule has 0 atom stereocenters. The summed E-state index contributed by atoms with van der Waals surface area (Å²) in [4.78, 5) is 0. The Hall–Kier alpha value is -0.290. The van der Waals surface area contributed by atoms with Gasteiger partial charge in [-0.05, 0) is 37.5 Å². The Bertz CT molecular complexity index is 235. The number of rotatable bonds is 9. The van der Waals surface area contributed by atoms with E-state index in [9.17, 15) is 13.2 Å². The van der Waals surface area contributed by atoms with E-state index in [1.54, 1.807) is 0 Å². The van der Waals surface area contributed by atoms with Crippen molar-refractivity contribution in [3.05, 3.63) is 0 Å². The lowest BCUT2D eigenvalue weighted by Crippen LogP contribution is -2.36. The fourth-order valence-corrected chi connectivity index (χ4v) is 2.07. The summed E-state index contributed by atoms with van der Waals surface area (Å²) in [6.07, 6.45) is 0.877. The van der Waals surface area contributed by atoms with Crippen LogP contribution in [0.3, 0.4) is 0 Å². The number of ether oxygens (including phenoxy) is 1. The zero-order chi connectivity index (χ0) is 13.6. The molecule has 0 aromatic rings. The van der Waals surface area contributed by atoms with Crippen molar-refractivity contribution < 1.29 is 17.9 Å². The molecule has 0 aromatic heterocycles. The highest BCUT2D eigenvalue weighted by atomic mass is 19.4. The van der Waals surface area contributed by atoms with Gasteiger partial charge in [0.2, 0.25) is 0 Å². The Balaban J connectivity index is 2.26. The number of nitrogens with one attached hydrogen (secondary N) is 1. The molecule has 108 valence electrons. The third-order valence-corrected chi connectivity index (χ3v) is 3.89. The summed E-state index contributed by atoms with van der Waals surface area (Å²) in [6.45, 7) is 4.14. The Morgan fingerprint density at radius 2 is 1.78 bits per heavy atom. The maximum absolute atomic E-state index is 12.0. The molecule has 1 saturated carbocycles. The summed E-state index contributed by atoms with van der Waals surface area (Å²) in [7, 11) is 0. The second-order valence-corrected chi connectivity index (χ2v) is 5.28. The molecule has 0 unspecified atom stereocenters. The second kappa shape index (κ2) is 6.75. The zero-order valence-corrected chi connectivity index (χ0v) is 11.3. The summed E-state index contributed by atoms with van der Waals surface area (Å²) < 4.78 is 40.6. The molecule has 1 N–H and O–H groups in total. The van der Waals surface area contributed by atoms with Gasteiger partial charge in [-0.1, -0.05) is 13.8 Å². The van der Waals surface area contributed by atoms with Gasteiger partial charge in [-0.3, -0.25) is 0 Å². The highest BCUT2D eigenvalue weighted by molar-refractivity contribution is 4.86. The molecule has 1 rings (SSSR count). The second-order valence-electron chi connectivity index (χ2n) is 5.28. The van der Waals surface area contributed by atoms with Gasteiger partial charge in [0.25, 0.3) is 0 Å². The van der Waals surface area contributed by atoms with Gasteiger partial charge in [0, 0.05) is 19.2 Å². The Kier molecular flexibility index (Phi) is 5.92. The Morgan fingerprint density at radius 3 is 2.22 bits per heavy atom. The van der Waals surface area contributed by atoms with E-state index in [0.29, 0.717) is 12.5 Å². The molecule has 1 fully saturated rings. The van der Waals surface area contributed by atoms with Crippen LogP contribution in [-0.4, -0.2) is 32.0 Å². The molecule has 1 aliphatic rings. The molecule has 0 radical (unpaired) electrons. The molecular formula is C13H24F3NO. The van der Waals surface area contributed by atoms with E-state index < -0.39 is 12.8 Å². The molecule has 1 aliphatic carbocycles. The summed E-state index contributed by atoms with van der Waals surface area (Å²) in [5, 5.41) is 3.48. The van der Waals surface area contributed by atoms with E-state index in [0.717, 1.165) is 19.4 Å². The van der Waals surface area contributed by atoms with Crippen molar-refractivity contribution in [3.63, 3.8) is 0 Å². The van der Waals surface area contributed by atoms with E-state index >= 15 is 0 Å². The van der Waals surface area contributed by atoms with Crippen molar-refractivity contribution in [1.29, 1.82) is 0 Å². The van der Waals surface area contributed by atoms with Crippen LogP contribution in [0.2, 0.25) is 0 Å². The molecule has 0 bridgehead atoms. The minimum absolute atomic E-state index is 0.0776. The highest BCUT2D eigenvalue weighted by Crippen LogP contribution is 2.31. The number of hydrogen-bond acceptors (Lipinski definition) is 2. The lowest BCUT2D eigenvalue weighted by Gasteiger charge is -2.32. The van der Waals surface area contributed by atoms with Crippen molar-refractivity contribution in [2.75, 3.05) is 19.8 Å². The van der Waals surface area contributed by atoms with Crippen LogP contribution in [0.4, 0.5) is 13.2 Å². The molecular weight excluding hydrogens is 243 g/mol. The topological polar surface area (TPSA) is 21.3 Å². The standard InChI is InChI=1S/C13H24F3NO/c1-3-12(4-2,9-17-11-5-6-11)7-8-18-10-13(14,15)16/h11,17H,3-10H2,1-2H3. The Morgan fingerprint density at radius 1 is 1.17 bits per heavy atom. The maximum Gasteiger partial charge on any atom is 0.411 e. The van der Waals surface area contributed by atoms with Crippen LogP contribution >= 0.6 is 0 Å². The van der Waals surface area contributed by atoms with Crippen LogP contribution in [0.1, 0.15) is 46.0 Å². The van der Waals surface area contributed by atoms with Crippen molar-refractivity contribution in [3.8, 4) is 0 Å². The summed E-state index contributed by atoms with van der Waals surface area (Å²) in [5.74, 6) is 0. The zero-order valence-electron chi connectivity index (χ0n) is 11.3. The normalized spacial score (nSPS) is 17.2. The van der Waals surface area contributed by atoms with E-state index in [2.05, 4.69) is 19.2 Å². The first-order valence-electron chi connectivity index (χ1n) is 6.79. The average Bonchev–Trinajstić information content (AvgIpc) is 3.12. The quantitative estimate of drug-likeness (QED) is 0.645.